The zero-order chi connectivity index (χ0) is 42.8. The second-order valence-corrected chi connectivity index (χ2v) is 19.2. The highest BCUT2D eigenvalue weighted by atomic mass is 16.8. The lowest BCUT2D eigenvalue weighted by atomic mass is 9.72. The second-order valence-electron chi connectivity index (χ2n) is 19.2. The zero-order valence-corrected chi connectivity index (χ0v) is 37.2. The van der Waals surface area contributed by atoms with Gasteiger partial charge in [0.25, 0.3) is 0 Å². The maximum Gasteiger partial charge on any atom is 0.309 e. The van der Waals surface area contributed by atoms with E-state index in [1.54, 1.807) is 6.92 Å². The summed E-state index contributed by atoms with van der Waals surface area (Å²) in [7, 11) is 0. The van der Waals surface area contributed by atoms with Crippen LogP contribution in [-0.2, 0) is 33.3 Å². The number of terminal acetylenes is 1. The number of Topliss-reactive ketones (excluding diaryl/α,β-unsaturated/α-hetero) is 1. The molecule has 2 spiro atoms. The molecule has 5 heterocycles. The molecule has 0 aliphatic carbocycles. The van der Waals surface area contributed by atoms with E-state index in [4.69, 9.17) is 30.1 Å². The van der Waals surface area contributed by atoms with Crippen molar-refractivity contribution in [2.45, 2.75) is 212 Å². The largest absolute Gasteiger partial charge is 0.481 e. The van der Waals surface area contributed by atoms with Crippen LogP contribution >= 0.6 is 0 Å². The molecule has 0 saturated carbocycles. The summed E-state index contributed by atoms with van der Waals surface area (Å²) in [5.41, 5.74) is -1.53. The molecule has 4 N–H and O–H groups in total. The van der Waals surface area contributed by atoms with Gasteiger partial charge in [-0.1, -0.05) is 61.5 Å². The Labute approximate surface area is 349 Å². The van der Waals surface area contributed by atoms with Crippen molar-refractivity contribution in [3.63, 3.8) is 0 Å². The Bertz CT molecular complexity index is 1480. The Morgan fingerprint density at radius 1 is 0.948 bits per heavy atom. The molecule has 5 aliphatic heterocycles. The minimum absolute atomic E-state index is 0.0394. The van der Waals surface area contributed by atoms with Crippen molar-refractivity contribution >= 4 is 11.8 Å². The van der Waals surface area contributed by atoms with Crippen LogP contribution in [0.3, 0.4) is 0 Å². The number of hydrogen-bond donors (Lipinski definition) is 4. The Morgan fingerprint density at radius 3 is 2.28 bits per heavy atom. The highest BCUT2D eigenvalue weighted by molar-refractivity contribution is 5.84. The Balaban J connectivity index is 1.37. The topological polar surface area (TPSA) is 153 Å². The number of aliphatic carboxylic acids is 1. The summed E-state index contributed by atoms with van der Waals surface area (Å²) in [5, 5.41) is 36.5. The summed E-state index contributed by atoms with van der Waals surface area (Å²) in [5.74, 6) is -2.51. The van der Waals surface area contributed by atoms with E-state index in [-0.39, 0.29) is 53.8 Å². The van der Waals surface area contributed by atoms with E-state index in [1.807, 2.05) is 40.7 Å². The van der Waals surface area contributed by atoms with Gasteiger partial charge in [0, 0.05) is 36.5 Å². The van der Waals surface area contributed by atoms with Crippen LogP contribution in [0.25, 0.3) is 0 Å². The molecule has 5 rings (SSSR count). The van der Waals surface area contributed by atoms with Crippen molar-refractivity contribution in [3.8, 4) is 12.3 Å². The SMILES string of the molecule is C#CCCCN[C@@H]1C=C[C@]2(O[C@H]([C@@H](CC)C(=O)[C@@H](C)[C@@H](O)[C@H](C)C3O[C@@H](C(CC)C(=O)O)CC[C@@H]3C)[C@@H](C)C[C@H]2C)O[C@@]12CC[C@@](C)([C@H]1CC[C@](O)(CC)[C@H](C)O1)O2. The van der Waals surface area contributed by atoms with Gasteiger partial charge in [0.05, 0.1) is 59.8 Å². The zero-order valence-electron chi connectivity index (χ0n) is 37.2. The highest BCUT2D eigenvalue weighted by Crippen LogP contribution is 2.54. The molecule has 0 aromatic rings. The molecule has 4 saturated heterocycles. The predicted molar refractivity (Wildman–Crippen MR) is 222 cm³/mol. The number of carboxylic acids is 1. The summed E-state index contributed by atoms with van der Waals surface area (Å²) in [6.07, 6.45) is 14.8. The summed E-state index contributed by atoms with van der Waals surface area (Å²) in [6, 6.07) is -0.285. The number of carbonyl (C=O) groups is 2. The fourth-order valence-electron chi connectivity index (χ4n) is 11.2. The molecule has 2 unspecified atom stereocenters. The van der Waals surface area contributed by atoms with Gasteiger partial charge in [-0.15, -0.1) is 12.3 Å². The van der Waals surface area contributed by atoms with Crippen molar-refractivity contribution in [2.24, 2.45) is 41.4 Å². The molecule has 0 radical (unpaired) electrons. The number of unbranched alkanes of at least 4 members (excludes halogenated alkanes) is 1. The van der Waals surface area contributed by atoms with Crippen molar-refractivity contribution in [3.05, 3.63) is 12.2 Å². The van der Waals surface area contributed by atoms with Gasteiger partial charge in [-0.3, -0.25) is 9.59 Å². The van der Waals surface area contributed by atoms with Crippen molar-refractivity contribution < 1.29 is 48.6 Å². The van der Waals surface area contributed by atoms with E-state index in [0.29, 0.717) is 64.3 Å². The molecule has 5 aliphatic rings. The average Bonchev–Trinajstić information content (AvgIpc) is 3.53. The standard InChI is InChI=1S/C47H77NO10/c1-12-16-17-26-48-37-20-23-46(58-47(37)25-24-44(11,57-47)38-21-22-45(53,15-4)33(10)54-38)30(7)27-29(6)42(56-46)35(14-3)40(50)31(8)39(49)32(9)41-28(5)18-19-36(55-41)34(13-2)43(51)52/h1,20,23,28-39,41-42,48-49,53H,13-19,21-22,24-27H2,2-11H3,(H,51,52)/t28-,29-,30+,31-,32-,33-,34?,35-,36+,37+,38+,39+,41?,42-,44-,45+,46-,47-/m0/s1. The molecule has 11 heteroatoms. The molecule has 330 valence electrons. The van der Waals surface area contributed by atoms with Crippen LogP contribution in [0.4, 0.5) is 0 Å². The third-order valence-electron chi connectivity index (χ3n) is 15.3. The minimum Gasteiger partial charge on any atom is -0.481 e. The van der Waals surface area contributed by atoms with Crippen LogP contribution in [0.15, 0.2) is 12.2 Å². The van der Waals surface area contributed by atoms with Crippen LogP contribution in [0, 0.1) is 53.8 Å². The summed E-state index contributed by atoms with van der Waals surface area (Å²) in [6.45, 7) is 20.7. The third kappa shape index (κ3) is 9.30. The Hall–Kier alpha value is -1.88. The van der Waals surface area contributed by atoms with Crippen molar-refractivity contribution in [1.82, 2.24) is 5.32 Å². The van der Waals surface area contributed by atoms with Crippen molar-refractivity contribution in [1.29, 1.82) is 0 Å². The van der Waals surface area contributed by atoms with Gasteiger partial charge < -0.3 is 44.3 Å². The van der Waals surface area contributed by atoms with Crippen LogP contribution < -0.4 is 5.32 Å². The van der Waals surface area contributed by atoms with Gasteiger partial charge in [0.2, 0.25) is 0 Å². The molecule has 11 nitrogen and oxygen atoms in total. The van der Waals surface area contributed by atoms with E-state index < -0.39 is 64.8 Å². The third-order valence-corrected chi connectivity index (χ3v) is 15.3. The number of ketones is 1. The van der Waals surface area contributed by atoms with E-state index in [9.17, 15) is 24.9 Å². The maximum atomic E-state index is 14.6. The van der Waals surface area contributed by atoms with E-state index in [1.165, 1.54) is 0 Å². The fraction of sp³-hybridized carbons (Fsp3) is 0.872. The lowest BCUT2D eigenvalue weighted by Gasteiger charge is -2.55. The monoisotopic (exact) mass is 816 g/mol. The molecule has 0 aromatic carbocycles. The van der Waals surface area contributed by atoms with Crippen LogP contribution in [0.5, 0.6) is 0 Å². The smallest absolute Gasteiger partial charge is 0.309 e. The normalized spacial score (nSPS) is 43.1. The lowest BCUT2D eigenvalue weighted by Crippen LogP contribution is -2.65. The maximum absolute atomic E-state index is 14.6. The lowest BCUT2D eigenvalue weighted by molar-refractivity contribution is -0.398. The number of nitrogens with one attached hydrogen (secondary N) is 1. The highest BCUT2D eigenvalue weighted by Gasteiger charge is 2.63. The van der Waals surface area contributed by atoms with Crippen LogP contribution in [0.2, 0.25) is 0 Å². The molecule has 0 aromatic heterocycles. The molecular formula is C47H77NO10. The van der Waals surface area contributed by atoms with Gasteiger partial charge in [0.1, 0.15) is 5.78 Å². The van der Waals surface area contributed by atoms with Gasteiger partial charge in [-0.25, -0.2) is 0 Å². The number of carbonyl (C=O) groups excluding carboxylic acids is 1. The van der Waals surface area contributed by atoms with Gasteiger partial charge in [-0.05, 0) is 103 Å². The molecular weight excluding hydrogens is 739 g/mol. The Kier molecular flexibility index (Phi) is 15.5. The van der Waals surface area contributed by atoms with E-state index in [2.05, 4.69) is 45.0 Å². The van der Waals surface area contributed by atoms with Gasteiger partial charge in [-0.2, -0.15) is 0 Å². The van der Waals surface area contributed by atoms with Gasteiger partial charge >= 0.3 is 5.97 Å². The first-order valence-electron chi connectivity index (χ1n) is 22.8. The van der Waals surface area contributed by atoms with E-state index >= 15 is 0 Å². The number of ether oxygens (including phenoxy) is 5. The molecule has 0 bridgehead atoms. The van der Waals surface area contributed by atoms with Crippen LogP contribution in [0.1, 0.15) is 146 Å². The number of aliphatic hydroxyl groups is 2. The van der Waals surface area contributed by atoms with E-state index in [0.717, 1.165) is 19.3 Å². The number of aliphatic hydroxyl groups excluding tert-OH is 1. The first-order chi connectivity index (χ1) is 27.3. The molecule has 4 fully saturated rings. The van der Waals surface area contributed by atoms with Gasteiger partial charge in [0.15, 0.2) is 11.6 Å². The quantitative estimate of drug-likeness (QED) is 0.0711. The number of hydrogen-bond acceptors (Lipinski definition) is 10. The van der Waals surface area contributed by atoms with Crippen LogP contribution in [-0.4, -0.2) is 99.1 Å². The second kappa shape index (κ2) is 19.0. The first-order valence-corrected chi connectivity index (χ1v) is 22.8. The Morgan fingerprint density at radius 2 is 1.66 bits per heavy atom. The average molecular weight is 816 g/mol. The minimum atomic E-state index is -1.16. The summed E-state index contributed by atoms with van der Waals surface area (Å²) < 4.78 is 34.7. The first kappa shape index (κ1) is 47.2. The number of rotatable bonds is 16. The van der Waals surface area contributed by atoms with Crippen molar-refractivity contribution in [2.75, 3.05) is 6.54 Å². The summed E-state index contributed by atoms with van der Waals surface area (Å²) in [4.78, 5) is 26.6. The summed E-state index contributed by atoms with van der Waals surface area (Å²) >= 11 is 0. The molecule has 0 amide bonds. The predicted octanol–water partition coefficient (Wildman–Crippen LogP) is 7.20. The molecule has 58 heavy (non-hydrogen) atoms. The fourth-order valence-corrected chi connectivity index (χ4v) is 11.2. The number of carboxylic acid groups (broad SMARTS) is 1. The molecule has 18 atom stereocenters.